The van der Waals surface area contributed by atoms with Gasteiger partial charge in [0, 0.05) is 5.56 Å². The molecule has 0 aliphatic heterocycles. The van der Waals surface area contributed by atoms with Gasteiger partial charge < -0.3 is 24.2 Å². The minimum atomic E-state index is -0.808. The number of aliphatic imine (C=N–C) groups is 1. The molecule has 0 saturated heterocycles. The fourth-order valence-corrected chi connectivity index (χ4v) is 4.30. The van der Waals surface area contributed by atoms with E-state index in [1.165, 1.54) is 0 Å². The number of carbonyl (C=O) groups excluding carboxylic acids is 3. The van der Waals surface area contributed by atoms with Crippen molar-refractivity contribution < 1.29 is 28.4 Å². The van der Waals surface area contributed by atoms with E-state index in [1.54, 1.807) is 97.1 Å². The van der Waals surface area contributed by atoms with Gasteiger partial charge in [-0.2, -0.15) is 0 Å². The second-order valence-electron chi connectivity index (χ2n) is 11.0. The predicted molar refractivity (Wildman–Crippen MR) is 165 cm³/mol. The lowest BCUT2D eigenvalue weighted by molar-refractivity contribution is -0.116. The molecular formula is C30H37ClN6O6. The number of hydrogen-bond donors (Lipinski definition) is 3. The molecule has 13 heteroatoms. The van der Waals surface area contributed by atoms with E-state index >= 15 is 0 Å². The first kappa shape index (κ1) is 33.1. The number of methoxy groups -OCH3 is 1. The molecule has 1 aromatic heterocycles. The Hall–Kier alpha value is -4.42. The molecule has 3 amide bonds. The molecule has 3 rings (SSSR count). The lowest BCUT2D eigenvalue weighted by Crippen LogP contribution is -2.46. The number of amides is 3. The van der Waals surface area contributed by atoms with Crippen LogP contribution in [0.1, 0.15) is 48.0 Å². The summed E-state index contributed by atoms with van der Waals surface area (Å²) in [7, 11) is 5.14. The standard InChI is InChI=1S/C30H37ClN6O6/c1-17-13-19(14-22(31)25(17)33-23(38)16-37(6)7)15-32-28(35-29(40)42-30(3,4)5)34-27(39)24-18(2)43-36-26(24)20-9-11-21(41-8)12-10-20/h9-14H,15-16H2,1-8H3,(H,33,38)(H2,32,34,35,39,40). The molecule has 0 bridgehead atoms. The zero-order valence-corrected chi connectivity index (χ0v) is 26.3. The zero-order chi connectivity index (χ0) is 31.9. The Labute approximate surface area is 255 Å². The van der Waals surface area contributed by atoms with Crippen molar-refractivity contribution in [2.45, 2.75) is 46.8 Å². The summed E-state index contributed by atoms with van der Waals surface area (Å²) in [6.07, 6.45) is -0.808. The summed E-state index contributed by atoms with van der Waals surface area (Å²) >= 11 is 6.49. The molecule has 3 aromatic rings. The Morgan fingerprint density at radius 2 is 1.74 bits per heavy atom. The van der Waals surface area contributed by atoms with Crippen molar-refractivity contribution in [3.05, 3.63) is 63.9 Å². The number of guanidine groups is 1. The van der Waals surface area contributed by atoms with Crippen molar-refractivity contribution in [1.82, 2.24) is 20.7 Å². The van der Waals surface area contributed by atoms with Crippen molar-refractivity contribution in [2.24, 2.45) is 4.99 Å². The fourth-order valence-electron chi connectivity index (χ4n) is 3.97. The van der Waals surface area contributed by atoms with Gasteiger partial charge in [-0.25, -0.2) is 9.79 Å². The van der Waals surface area contributed by atoms with Crippen molar-refractivity contribution in [3.63, 3.8) is 0 Å². The van der Waals surface area contributed by atoms with E-state index < -0.39 is 17.6 Å². The normalized spacial score (nSPS) is 11.7. The first-order valence-corrected chi connectivity index (χ1v) is 13.7. The molecule has 0 fully saturated rings. The predicted octanol–water partition coefficient (Wildman–Crippen LogP) is 4.93. The van der Waals surface area contributed by atoms with Crippen LogP contribution < -0.4 is 20.7 Å². The second kappa shape index (κ2) is 14.2. The highest BCUT2D eigenvalue weighted by molar-refractivity contribution is 6.34. The summed E-state index contributed by atoms with van der Waals surface area (Å²) in [5.41, 5.74) is 2.21. The van der Waals surface area contributed by atoms with Gasteiger partial charge in [0.25, 0.3) is 5.91 Å². The highest BCUT2D eigenvalue weighted by Crippen LogP contribution is 2.29. The van der Waals surface area contributed by atoms with Crippen LogP contribution in [0.15, 0.2) is 45.9 Å². The number of rotatable bonds is 8. The van der Waals surface area contributed by atoms with Crippen LogP contribution in [0.4, 0.5) is 10.5 Å². The summed E-state index contributed by atoms with van der Waals surface area (Å²) in [5.74, 6) is -0.0462. The number of benzene rings is 2. The molecule has 2 aromatic carbocycles. The van der Waals surface area contributed by atoms with E-state index in [4.69, 9.17) is 25.6 Å². The third-order valence-electron chi connectivity index (χ3n) is 5.80. The van der Waals surface area contributed by atoms with Crippen molar-refractivity contribution >= 4 is 41.2 Å². The summed E-state index contributed by atoms with van der Waals surface area (Å²) < 4.78 is 15.9. The van der Waals surface area contributed by atoms with Crippen LogP contribution in [0.2, 0.25) is 5.02 Å². The smallest absolute Gasteiger partial charge is 0.414 e. The molecule has 3 N–H and O–H groups in total. The van der Waals surface area contributed by atoms with E-state index in [9.17, 15) is 14.4 Å². The summed E-state index contributed by atoms with van der Waals surface area (Å²) in [6, 6.07) is 10.4. The van der Waals surface area contributed by atoms with Gasteiger partial charge in [-0.05, 0) is 90.2 Å². The number of anilines is 1. The Bertz CT molecular complexity index is 1490. The number of likely N-dealkylation sites (N-methyl/N-ethyl adjacent to an activating group) is 1. The van der Waals surface area contributed by atoms with Gasteiger partial charge in [0.15, 0.2) is 0 Å². The molecule has 0 unspecified atom stereocenters. The molecular weight excluding hydrogens is 576 g/mol. The van der Waals surface area contributed by atoms with Crippen molar-refractivity contribution in [1.29, 1.82) is 0 Å². The molecule has 0 spiro atoms. The second-order valence-corrected chi connectivity index (χ2v) is 11.4. The van der Waals surface area contributed by atoms with Gasteiger partial charge >= 0.3 is 6.09 Å². The quantitative estimate of drug-likeness (QED) is 0.240. The Morgan fingerprint density at radius 3 is 2.33 bits per heavy atom. The fraction of sp³-hybridized carbons (Fsp3) is 0.367. The minimum absolute atomic E-state index is 0.0336. The van der Waals surface area contributed by atoms with Gasteiger partial charge in [0.2, 0.25) is 11.9 Å². The summed E-state index contributed by atoms with van der Waals surface area (Å²) in [6.45, 7) is 8.80. The molecule has 12 nitrogen and oxygen atoms in total. The van der Waals surface area contributed by atoms with E-state index in [0.29, 0.717) is 33.3 Å². The monoisotopic (exact) mass is 612 g/mol. The van der Waals surface area contributed by atoms with Gasteiger partial charge in [-0.15, -0.1) is 0 Å². The number of aromatic nitrogens is 1. The Kier molecular flexibility index (Phi) is 10.9. The maximum absolute atomic E-state index is 13.5. The Balaban J connectivity index is 1.89. The van der Waals surface area contributed by atoms with Crippen LogP contribution in [0, 0.1) is 13.8 Å². The molecule has 43 heavy (non-hydrogen) atoms. The van der Waals surface area contributed by atoms with Gasteiger partial charge in [0.05, 0.1) is 30.9 Å². The number of nitrogens with one attached hydrogen (secondary N) is 3. The Morgan fingerprint density at radius 1 is 1.07 bits per heavy atom. The van der Waals surface area contributed by atoms with Crippen LogP contribution in [0.5, 0.6) is 5.75 Å². The lowest BCUT2D eigenvalue weighted by atomic mass is 10.1. The average molecular weight is 613 g/mol. The van der Waals surface area contributed by atoms with Crippen LogP contribution >= 0.6 is 11.6 Å². The summed E-state index contributed by atoms with van der Waals surface area (Å²) in [5, 5.41) is 12.4. The average Bonchev–Trinajstić information content (AvgIpc) is 3.29. The van der Waals surface area contributed by atoms with Crippen LogP contribution in [-0.4, -0.2) is 67.3 Å². The van der Waals surface area contributed by atoms with Crippen LogP contribution in [0.3, 0.4) is 0 Å². The maximum Gasteiger partial charge on any atom is 0.414 e. The topological polar surface area (TPSA) is 147 Å². The van der Waals surface area contributed by atoms with E-state index in [-0.39, 0.29) is 36.3 Å². The number of carbonyl (C=O) groups is 3. The minimum Gasteiger partial charge on any atom is -0.497 e. The molecule has 1 heterocycles. The molecule has 0 saturated carbocycles. The van der Waals surface area contributed by atoms with Crippen LogP contribution in [0.25, 0.3) is 11.3 Å². The van der Waals surface area contributed by atoms with Crippen molar-refractivity contribution in [3.8, 4) is 17.0 Å². The van der Waals surface area contributed by atoms with Gasteiger partial charge in [0.1, 0.15) is 28.4 Å². The SMILES string of the molecule is COc1ccc(-c2noc(C)c2C(=O)NC(=NCc2cc(C)c(NC(=O)CN(C)C)c(Cl)c2)NC(=O)OC(C)(C)C)cc1. The number of alkyl carbamates (subject to hydrolysis) is 1. The molecule has 0 radical (unpaired) electrons. The zero-order valence-electron chi connectivity index (χ0n) is 25.5. The molecule has 0 aliphatic rings. The number of ether oxygens (including phenoxy) is 2. The maximum atomic E-state index is 13.5. The number of hydrogen-bond acceptors (Lipinski definition) is 9. The molecule has 230 valence electrons. The van der Waals surface area contributed by atoms with Crippen LogP contribution in [-0.2, 0) is 16.1 Å². The van der Waals surface area contributed by atoms with Gasteiger partial charge in [-0.1, -0.05) is 22.8 Å². The molecule has 0 atom stereocenters. The lowest BCUT2D eigenvalue weighted by Gasteiger charge is -2.20. The number of nitrogens with zero attached hydrogens (tertiary/aromatic N) is 3. The molecule has 0 aliphatic carbocycles. The van der Waals surface area contributed by atoms with E-state index in [0.717, 1.165) is 5.56 Å². The summed E-state index contributed by atoms with van der Waals surface area (Å²) in [4.78, 5) is 44.5. The third-order valence-corrected chi connectivity index (χ3v) is 6.09. The van der Waals surface area contributed by atoms with E-state index in [1.807, 2.05) is 0 Å². The highest BCUT2D eigenvalue weighted by atomic mass is 35.5. The number of aryl methyl sites for hydroxylation is 2. The third kappa shape index (κ3) is 9.55. The number of halogens is 1. The van der Waals surface area contributed by atoms with Gasteiger partial charge in [-0.3, -0.25) is 20.2 Å². The largest absolute Gasteiger partial charge is 0.497 e. The van der Waals surface area contributed by atoms with E-state index in [2.05, 4.69) is 26.1 Å². The first-order chi connectivity index (χ1) is 20.2. The first-order valence-electron chi connectivity index (χ1n) is 13.4. The highest BCUT2D eigenvalue weighted by Gasteiger charge is 2.24. The van der Waals surface area contributed by atoms with Crippen molar-refractivity contribution in [2.75, 3.05) is 33.1 Å².